The largest absolute Gasteiger partial charge is 0.494 e. The highest BCUT2D eigenvalue weighted by atomic mass is 79.9. The van der Waals surface area contributed by atoms with Crippen molar-refractivity contribution in [1.82, 2.24) is 5.32 Å². The molecular formula is C15H22BrNO. The molecule has 0 aromatic heterocycles. The summed E-state index contributed by atoms with van der Waals surface area (Å²) in [6.07, 6.45) is 3.93. The molecule has 0 saturated heterocycles. The van der Waals surface area contributed by atoms with Gasteiger partial charge in [0.15, 0.2) is 0 Å². The van der Waals surface area contributed by atoms with E-state index in [0.717, 1.165) is 36.2 Å². The molecule has 0 bridgehead atoms. The van der Waals surface area contributed by atoms with Crippen LogP contribution in [0.2, 0.25) is 0 Å². The third-order valence-corrected chi connectivity index (χ3v) is 3.31. The van der Waals surface area contributed by atoms with Crippen LogP contribution < -0.4 is 10.1 Å². The molecule has 0 unspecified atom stereocenters. The summed E-state index contributed by atoms with van der Waals surface area (Å²) in [5.41, 5.74) is 1.23. The first-order chi connectivity index (χ1) is 8.63. The molecule has 1 N–H and O–H groups in total. The van der Waals surface area contributed by atoms with E-state index in [1.54, 1.807) is 0 Å². The maximum absolute atomic E-state index is 5.71. The Morgan fingerprint density at radius 3 is 2.89 bits per heavy atom. The average Bonchev–Trinajstić information content (AvgIpc) is 2.34. The van der Waals surface area contributed by atoms with Crippen LogP contribution in [0.15, 0.2) is 35.3 Å². The van der Waals surface area contributed by atoms with Crippen LogP contribution in [0, 0.1) is 0 Å². The van der Waals surface area contributed by atoms with Crippen LogP contribution in [0.4, 0.5) is 0 Å². The van der Waals surface area contributed by atoms with E-state index in [0.29, 0.717) is 6.04 Å². The average molecular weight is 312 g/mol. The highest BCUT2D eigenvalue weighted by molar-refractivity contribution is 9.10. The number of unbranched alkanes of at least 4 members (excludes halogenated alkanes) is 1. The standard InChI is InChI=1S/C15H22BrNO/c1-4-5-6-9-18-14-7-8-15(16)13(10-14)11-17-12(2)3/h4,7-8,10,12,17H,1,5-6,9,11H2,2-3H3. The number of ether oxygens (including phenoxy) is 1. The molecule has 0 aliphatic heterocycles. The molecule has 0 fully saturated rings. The lowest BCUT2D eigenvalue weighted by atomic mass is 10.2. The fourth-order valence-corrected chi connectivity index (χ4v) is 1.89. The summed E-state index contributed by atoms with van der Waals surface area (Å²) < 4.78 is 6.83. The molecule has 0 aliphatic rings. The van der Waals surface area contributed by atoms with Gasteiger partial charge in [-0.15, -0.1) is 6.58 Å². The van der Waals surface area contributed by atoms with Gasteiger partial charge in [0.2, 0.25) is 0 Å². The minimum Gasteiger partial charge on any atom is -0.494 e. The third-order valence-electron chi connectivity index (χ3n) is 2.54. The summed E-state index contributed by atoms with van der Waals surface area (Å²) in [4.78, 5) is 0. The molecule has 3 heteroatoms. The molecule has 0 saturated carbocycles. The first-order valence-electron chi connectivity index (χ1n) is 6.39. The van der Waals surface area contributed by atoms with Crippen molar-refractivity contribution in [3.05, 3.63) is 40.9 Å². The Hall–Kier alpha value is -0.800. The number of nitrogens with one attached hydrogen (secondary N) is 1. The molecule has 1 aromatic rings. The van der Waals surface area contributed by atoms with Crippen molar-refractivity contribution in [1.29, 1.82) is 0 Å². The molecular weight excluding hydrogens is 290 g/mol. The zero-order valence-corrected chi connectivity index (χ0v) is 12.8. The predicted octanol–water partition coefficient (Wildman–Crippen LogP) is 4.29. The van der Waals surface area contributed by atoms with Gasteiger partial charge in [-0.25, -0.2) is 0 Å². The van der Waals surface area contributed by atoms with E-state index in [1.807, 2.05) is 18.2 Å². The second-order valence-electron chi connectivity index (χ2n) is 4.57. The van der Waals surface area contributed by atoms with E-state index in [4.69, 9.17) is 4.74 Å². The number of halogens is 1. The van der Waals surface area contributed by atoms with Crippen LogP contribution in [-0.4, -0.2) is 12.6 Å². The fraction of sp³-hybridized carbons (Fsp3) is 0.467. The van der Waals surface area contributed by atoms with E-state index in [9.17, 15) is 0 Å². The highest BCUT2D eigenvalue weighted by Gasteiger charge is 2.03. The number of benzene rings is 1. The van der Waals surface area contributed by atoms with Gasteiger partial charge < -0.3 is 10.1 Å². The summed E-state index contributed by atoms with van der Waals surface area (Å²) in [6.45, 7) is 9.58. The number of hydrogen-bond donors (Lipinski definition) is 1. The van der Waals surface area contributed by atoms with Crippen molar-refractivity contribution < 1.29 is 4.74 Å². The van der Waals surface area contributed by atoms with Crippen LogP contribution in [-0.2, 0) is 6.54 Å². The van der Waals surface area contributed by atoms with Gasteiger partial charge in [0.25, 0.3) is 0 Å². The molecule has 100 valence electrons. The van der Waals surface area contributed by atoms with Crippen molar-refractivity contribution >= 4 is 15.9 Å². The van der Waals surface area contributed by atoms with Gasteiger partial charge in [0.05, 0.1) is 6.61 Å². The first kappa shape index (κ1) is 15.3. The molecule has 18 heavy (non-hydrogen) atoms. The Labute approximate surface area is 119 Å². The molecule has 0 amide bonds. The van der Waals surface area contributed by atoms with Crippen molar-refractivity contribution in [2.75, 3.05) is 6.61 Å². The maximum Gasteiger partial charge on any atom is 0.119 e. The molecule has 1 rings (SSSR count). The number of hydrogen-bond acceptors (Lipinski definition) is 2. The SMILES string of the molecule is C=CCCCOc1ccc(Br)c(CNC(C)C)c1. The molecule has 0 aliphatic carbocycles. The van der Waals surface area contributed by atoms with Crippen LogP contribution >= 0.6 is 15.9 Å². The summed E-state index contributed by atoms with van der Waals surface area (Å²) in [5, 5.41) is 3.41. The van der Waals surface area contributed by atoms with Crippen LogP contribution in [0.3, 0.4) is 0 Å². The van der Waals surface area contributed by atoms with Crippen LogP contribution in [0.1, 0.15) is 32.3 Å². The quantitative estimate of drug-likeness (QED) is 0.571. The van der Waals surface area contributed by atoms with Crippen molar-refractivity contribution in [3.63, 3.8) is 0 Å². The van der Waals surface area contributed by atoms with Gasteiger partial charge in [-0.2, -0.15) is 0 Å². The molecule has 0 radical (unpaired) electrons. The van der Waals surface area contributed by atoms with E-state index >= 15 is 0 Å². The predicted molar refractivity (Wildman–Crippen MR) is 81.0 cm³/mol. The van der Waals surface area contributed by atoms with E-state index in [2.05, 4.69) is 47.7 Å². The van der Waals surface area contributed by atoms with Gasteiger partial charge in [0, 0.05) is 17.1 Å². The second-order valence-corrected chi connectivity index (χ2v) is 5.42. The fourth-order valence-electron chi connectivity index (χ4n) is 1.51. The van der Waals surface area contributed by atoms with Crippen LogP contribution in [0.5, 0.6) is 5.75 Å². The highest BCUT2D eigenvalue weighted by Crippen LogP contribution is 2.22. The van der Waals surface area contributed by atoms with Crippen LogP contribution in [0.25, 0.3) is 0 Å². The Bertz CT molecular complexity index is 377. The summed E-state index contributed by atoms with van der Waals surface area (Å²) in [6, 6.07) is 6.61. The number of allylic oxidation sites excluding steroid dienone is 1. The topological polar surface area (TPSA) is 21.3 Å². The molecule has 0 heterocycles. The lowest BCUT2D eigenvalue weighted by Crippen LogP contribution is -2.22. The Morgan fingerprint density at radius 1 is 1.44 bits per heavy atom. The zero-order chi connectivity index (χ0) is 13.4. The van der Waals surface area contributed by atoms with Gasteiger partial charge in [-0.3, -0.25) is 0 Å². The summed E-state index contributed by atoms with van der Waals surface area (Å²) >= 11 is 3.56. The summed E-state index contributed by atoms with van der Waals surface area (Å²) in [7, 11) is 0. The zero-order valence-electron chi connectivity index (χ0n) is 11.2. The molecule has 2 nitrogen and oxygen atoms in total. The van der Waals surface area contributed by atoms with Gasteiger partial charge in [-0.1, -0.05) is 35.9 Å². The minimum atomic E-state index is 0.481. The van der Waals surface area contributed by atoms with Crippen molar-refractivity contribution in [3.8, 4) is 5.75 Å². The van der Waals surface area contributed by atoms with Crippen molar-refractivity contribution in [2.45, 2.75) is 39.3 Å². The van der Waals surface area contributed by atoms with Gasteiger partial charge >= 0.3 is 0 Å². The Balaban J connectivity index is 2.53. The third kappa shape index (κ3) is 5.69. The molecule has 0 spiro atoms. The van der Waals surface area contributed by atoms with Gasteiger partial charge in [0.1, 0.15) is 5.75 Å². The second kappa shape index (κ2) is 8.33. The first-order valence-corrected chi connectivity index (χ1v) is 7.18. The Kier molecular flexibility index (Phi) is 7.06. The molecule has 0 atom stereocenters. The van der Waals surface area contributed by atoms with E-state index < -0.39 is 0 Å². The Morgan fingerprint density at radius 2 is 2.22 bits per heavy atom. The summed E-state index contributed by atoms with van der Waals surface area (Å²) in [5.74, 6) is 0.933. The van der Waals surface area contributed by atoms with Gasteiger partial charge in [-0.05, 0) is 36.6 Å². The number of rotatable bonds is 8. The minimum absolute atomic E-state index is 0.481. The normalized spacial score (nSPS) is 10.7. The lowest BCUT2D eigenvalue weighted by molar-refractivity contribution is 0.311. The monoisotopic (exact) mass is 311 g/mol. The van der Waals surface area contributed by atoms with Crippen molar-refractivity contribution in [2.24, 2.45) is 0 Å². The molecule has 1 aromatic carbocycles. The maximum atomic E-state index is 5.71. The van der Waals surface area contributed by atoms with E-state index in [-0.39, 0.29) is 0 Å². The smallest absolute Gasteiger partial charge is 0.119 e. The lowest BCUT2D eigenvalue weighted by Gasteiger charge is -2.12. The van der Waals surface area contributed by atoms with E-state index in [1.165, 1.54) is 5.56 Å².